The minimum atomic E-state index is -0.0550. The Kier molecular flexibility index (Phi) is 3.82. The Hall–Kier alpha value is -1.61. The third kappa shape index (κ3) is 2.46. The number of hydrogen-bond donors (Lipinski definition) is 1. The standard InChI is InChI=1S/C15H20N2O/c1-4-6-12(16)14-9-13(17-18-14)15-10(2)7-5-8-11(15)3/h5,7-9,12H,4,6,16H2,1-3H3. The molecule has 0 radical (unpaired) electrons. The van der Waals surface area contributed by atoms with E-state index in [1.165, 1.54) is 11.1 Å². The molecule has 0 fully saturated rings. The molecule has 0 saturated carbocycles. The van der Waals surface area contributed by atoms with Crippen LogP contribution in [0.25, 0.3) is 11.3 Å². The number of nitrogens with two attached hydrogens (primary N) is 1. The maximum absolute atomic E-state index is 6.04. The van der Waals surface area contributed by atoms with Gasteiger partial charge in [-0.25, -0.2) is 0 Å². The van der Waals surface area contributed by atoms with E-state index in [1.807, 2.05) is 6.07 Å². The van der Waals surface area contributed by atoms with Gasteiger partial charge in [0.15, 0.2) is 5.76 Å². The molecule has 1 unspecified atom stereocenters. The van der Waals surface area contributed by atoms with Crippen LogP contribution in [0.1, 0.15) is 42.7 Å². The highest BCUT2D eigenvalue weighted by Crippen LogP contribution is 2.28. The van der Waals surface area contributed by atoms with Gasteiger partial charge in [-0.2, -0.15) is 0 Å². The normalized spacial score (nSPS) is 12.7. The van der Waals surface area contributed by atoms with Crippen molar-refractivity contribution in [2.75, 3.05) is 0 Å². The first kappa shape index (κ1) is 12.8. The average molecular weight is 244 g/mol. The predicted molar refractivity (Wildman–Crippen MR) is 73.2 cm³/mol. The number of aryl methyl sites for hydroxylation is 2. The molecular weight excluding hydrogens is 224 g/mol. The van der Waals surface area contributed by atoms with Gasteiger partial charge < -0.3 is 10.3 Å². The van der Waals surface area contributed by atoms with Gasteiger partial charge in [0.2, 0.25) is 0 Å². The van der Waals surface area contributed by atoms with Gasteiger partial charge in [-0.05, 0) is 31.4 Å². The number of rotatable bonds is 4. The van der Waals surface area contributed by atoms with Crippen LogP contribution in [0.4, 0.5) is 0 Å². The summed E-state index contributed by atoms with van der Waals surface area (Å²) in [6, 6.07) is 8.14. The molecular formula is C15H20N2O. The predicted octanol–water partition coefficient (Wildman–Crippen LogP) is 3.76. The molecule has 0 aliphatic heterocycles. The Balaban J connectivity index is 2.35. The van der Waals surface area contributed by atoms with Crippen molar-refractivity contribution in [1.29, 1.82) is 0 Å². The Morgan fingerprint density at radius 3 is 2.56 bits per heavy atom. The Morgan fingerprint density at radius 2 is 1.94 bits per heavy atom. The van der Waals surface area contributed by atoms with Gasteiger partial charge >= 0.3 is 0 Å². The van der Waals surface area contributed by atoms with Gasteiger partial charge in [0.05, 0.1) is 6.04 Å². The van der Waals surface area contributed by atoms with Crippen LogP contribution in [0.3, 0.4) is 0 Å². The van der Waals surface area contributed by atoms with E-state index in [9.17, 15) is 0 Å². The molecule has 3 nitrogen and oxygen atoms in total. The van der Waals surface area contributed by atoms with Crippen LogP contribution in [-0.2, 0) is 0 Å². The van der Waals surface area contributed by atoms with E-state index in [0.29, 0.717) is 0 Å². The number of aromatic nitrogens is 1. The minimum absolute atomic E-state index is 0.0550. The van der Waals surface area contributed by atoms with Crippen molar-refractivity contribution < 1.29 is 4.52 Å². The van der Waals surface area contributed by atoms with Crippen LogP contribution < -0.4 is 5.73 Å². The second-order valence-electron chi connectivity index (χ2n) is 4.78. The lowest BCUT2D eigenvalue weighted by Crippen LogP contribution is -2.08. The quantitative estimate of drug-likeness (QED) is 0.891. The van der Waals surface area contributed by atoms with Crippen molar-refractivity contribution >= 4 is 0 Å². The first-order valence-electron chi connectivity index (χ1n) is 6.42. The second-order valence-corrected chi connectivity index (χ2v) is 4.78. The van der Waals surface area contributed by atoms with Crippen molar-refractivity contribution in [2.24, 2.45) is 5.73 Å². The van der Waals surface area contributed by atoms with Crippen LogP contribution >= 0.6 is 0 Å². The molecule has 2 rings (SSSR count). The number of hydrogen-bond acceptors (Lipinski definition) is 3. The molecule has 0 spiro atoms. The molecule has 2 aromatic rings. The molecule has 0 aliphatic rings. The summed E-state index contributed by atoms with van der Waals surface area (Å²) in [4.78, 5) is 0. The molecule has 2 N–H and O–H groups in total. The van der Waals surface area contributed by atoms with E-state index in [4.69, 9.17) is 10.3 Å². The molecule has 1 aromatic heterocycles. The summed E-state index contributed by atoms with van der Waals surface area (Å²) < 4.78 is 5.37. The molecule has 1 atom stereocenters. The highest BCUT2D eigenvalue weighted by molar-refractivity contribution is 5.67. The SMILES string of the molecule is CCCC(N)c1cc(-c2c(C)cccc2C)no1. The zero-order valence-electron chi connectivity index (χ0n) is 11.2. The first-order valence-corrected chi connectivity index (χ1v) is 6.42. The lowest BCUT2D eigenvalue weighted by atomic mass is 9.99. The van der Waals surface area contributed by atoms with Crippen LogP contribution in [0.15, 0.2) is 28.8 Å². The van der Waals surface area contributed by atoms with E-state index >= 15 is 0 Å². The van der Waals surface area contributed by atoms with Gasteiger partial charge in [-0.1, -0.05) is 36.7 Å². The Bertz CT molecular complexity index is 511. The molecule has 96 valence electrons. The lowest BCUT2D eigenvalue weighted by molar-refractivity contribution is 0.356. The molecule has 0 bridgehead atoms. The number of benzene rings is 1. The smallest absolute Gasteiger partial charge is 0.154 e. The second kappa shape index (κ2) is 5.36. The van der Waals surface area contributed by atoms with Gasteiger partial charge in [0.25, 0.3) is 0 Å². The zero-order valence-corrected chi connectivity index (χ0v) is 11.2. The third-order valence-corrected chi connectivity index (χ3v) is 3.23. The maximum atomic E-state index is 6.04. The van der Waals surface area contributed by atoms with Crippen molar-refractivity contribution in [1.82, 2.24) is 5.16 Å². The van der Waals surface area contributed by atoms with Crippen LogP contribution in [0, 0.1) is 13.8 Å². The maximum Gasteiger partial charge on any atom is 0.154 e. The molecule has 0 saturated heterocycles. The topological polar surface area (TPSA) is 52.0 Å². The van der Waals surface area contributed by atoms with Gasteiger partial charge in [-0.3, -0.25) is 0 Å². The van der Waals surface area contributed by atoms with Crippen molar-refractivity contribution in [3.8, 4) is 11.3 Å². The summed E-state index contributed by atoms with van der Waals surface area (Å²) in [7, 11) is 0. The Morgan fingerprint density at radius 1 is 1.28 bits per heavy atom. The van der Waals surface area contributed by atoms with Crippen molar-refractivity contribution in [3.63, 3.8) is 0 Å². The van der Waals surface area contributed by atoms with Crippen LogP contribution in [0.2, 0.25) is 0 Å². The first-order chi connectivity index (χ1) is 8.63. The fourth-order valence-corrected chi connectivity index (χ4v) is 2.25. The average Bonchev–Trinajstić information content (AvgIpc) is 2.78. The summed E-state index contributed by atoms with van der Waals surface area (Å²) in [5.41, 5.74) is 10.5. The lowest BCUT2D eigenvalue weighted by Gasteiger charge is -2.05. The molecule has 0 aliphatic carbocycles. The van der Waals surface area contributed by atoms with Gasteiger partial charge in [0, 0.05) is 11.6 Å². The van der Waals surface area contributed by atoms with Gasteiger partial charge in [0.1, 0.15) is 5.69 Å². The molecule has 1 heterocycles. The van der Waals surface area contributed by atoms with E-state index in [2.05, 4.69) is 44.1 Å². The summed E-state index contributed by atoms with van der Waals surface area (Å²) in [5, 5.41) is 4.16. The molecule has 0 amide bonds. The monoisotopic (exact) mass is 244 g/mol. The van der Waals surface area contributed by atoms with E-state index in [-0.39, 0.29) is 6.04 Å². The van der Waals surface area contributed by atoms with Crippen LogP contribution in [0.5, 0.6) is 0 Å². The highest BCUT2D eigenvalue weighted by atomic mass is 16.5. The van der Waals surface area contributed by atoms with Gasteiger partial charge in [-0.15, -0.1) is 0 Å². The molecule has 18 heavy (non-hydrogen) atoms. The summed E-state index contributed by atoms with van der Waals surface area (Å²) in [6.45, 7) is 6.29. The van der Waals surface area contributed by atoms with Crippen LogP contribution in [-0.4, -0.2) is 5.16 Å². The van der Waals surface area contributed by atoms with Crippen molar-refractivity contribution in [2.45, 2.75) is 39.7 Å². The van der Waals surface area contributed by atoms with Crippen molar-refractivity contribution in [3.05, 3.63) is 41.2 Å². The summed E-state index contributed by atoms with van der Waals surface area (Å²) >= 11 is 0. The van der Waals surface area contributed by atoms with E-state index in [1.54, 1.807) is 0 Å². The number of nitrogens with zero attached hydrogens (tertiary/aromatic N) is 1. The van der Waals surface area contributed by atoms with E-state index < -0.39 is 0 Å². The molecule has 3 heteroatoms. The minimum Gasteiger partial charge on any atom is -0.359 e. The fraction of sp³-hybridized carbons (Fsp3) is 0.400. The fourth-order valence-electron chi connectivity index (χ4n) is 2.25. The zero-order chi connectivity index (χ0) is 13.1. The summed E-state index contributed by atoms with van der Waals surface area (Å²) in [6.07, 6.45) is 1.96. The van der Waals surface area contributed by atoms with E-state index in [0.717, 1.165) is 29.9 Å². The third-order valence-electron chi connectivity index (χ3n) is 3.23. The largest absolute Gasteiger partial charge is 0.359 e. The summed E-state index contributed by atoms with van der Waals surface area (Å²) in [5.74, 6) is 0.773. The molecule has 1 aromatic carbocycles. The Labute approximate surface area is 108 Å². The highest BCUT2D eigenvalue weighted by Gasteiger charge is 2.15.